The van der Waals surface area contributed by atoms with Gasteiger partial charge in [0.15, 0.2) is 0 Å². The van der Waals surface area contributed by atoms with Crippen molar-refractivity contribution in [1.29, 1.82) is 0 Å². The van der Waals surface area contributed by atoms with Gasteiger partial charge in [-0.05, 0) is 37.5 Å². The highest BCUT2D eigenvalue weighted by molar-refractivity contribution is 5.88. The molecule has 1 saturated heterocycles. The summed E-state index contributed by atoms with van der Waals surface area (Å²) >= 11 is 0. The number of carboxylic acid groups (broad SMARTS) is 1. The lowest BCUT2D eigenvalue weighted by molar-refractivity contribution is 0.0697. The summed E-state index contributed by atoms with van der Waals surface area (Å²) in [5, 5.41) is 8.98. The van der Waals surface area contributed by atoms with Crippen LogP contribution in [-0.2, 0) is 0 Å². The molecule has 1 aromatic carbocycles. The molecule has 1 heterocycles. The van der Waals surface area contributed by atoms with Crippen LogP contribution >= 0.6 is 0 Å². The Bertz CT molecular complexity index is 406. The second-order valence-electron chi connectivity index (χ2n) is 4.47. The van der Waals surface area contributed by atoms with E-state index in [9.17, 15) is 4.79 Å². The summed E-state index contributed by atoms with van der Waals surface area (Å²) in [7, 11) is 0. The summed E-state index contributed by atoms with van der Waals surface area (Å²) in [5.41, 5.74) is 7.35. The van der Waals surface area contributed by atoms with Gasteiger partial charge in [-0.1, -0.05) is 12.5 Å². The molecule has 0 aromatic heterocycles. The summed E-state index contributed by atoms with van der Waals surface area (Å²) in [4.78, 5) is 13.0. The average molecular weight is 234 g/mol. The van der Waals surface area contributed by atoms with Crippen molar-refractivity contribution in [3.8, 4) is 0 Å². The van der Waals surface area contributed by atoms with E-state index in [0.29, 0.717) is 5.56 Å². The van der Waals surface area contributed by atoms with Crippen molar-refractivity contribution in [1.82, 2.24) is 0 Å². The first kappa shape index (κ1) is 11.9. The standard InChI is InChI=1S/C13H18N2O2/c14-12-7-2-1-3-8-15(12)11-6-4-5-10(9-11)13(16)17/h4-6,9,12H,1-3,7-8,14H2,(H,16,17). The molecule has 1 aromatic rings. The Morgan fingerprint density at radius 1 is 1.35 bits per heavy atom. The Kier molecular flexibility index (Phi) is 3.64. The van der Waals surface area contributed by atoms with E-state index in [2.05, 4.69) is 4.90 Å². The maximum atomic E-state index is 10.9. The largest absolute Gasteiger partial charge is 0.478 e. The number of carboxylic acids is 1. The maximum Gasteiger partial charge on any atom is 0.335 e. The fraction of sp³-hybridized carbons (Fsp3) is 0.462. The summed E-state index contributed by atoms with van der Waals surface area (Å²) in [6.07, 6.45) is 4.43. The van der Waals surface area contributed by atoms with Crippen molar-refractivity contribution < 1.29 is 9.90 Å². The molecule has 4 heteroatoms. The molecule has 17 heavy (non-hydrogen) atoms. The number of nitrogens with zero attached hydrogens (tertiary/aromatic N) is 1. The van der Waals surface area contributed by atoms with Crippen molar-refractivity contribution in [3.05, 3.63) is 29.8 Å². The van der Waals surface area contributed by atoms with Crippen molar-refractivity contribution in [2.24, 2.45) is 5.73 Å². The van der Waals surface area contributed by atoms with Gasteiger partial charge < -0.3 is 15.7 Å². The average Bonchev–Trinajstić information content (AvgIpc) is 2.54. The summed E-state index contributed by atoms with van der Waals surface area (Å²) in [6, 6.07) is 7.01. The minimum absolute atomic E-state index is 0.00143. The zero-order valence-electron chi connectivity index (χ0n) is 9.80. The summed E-state index contributed by atoms with van der Waals surface area (Å²) in [6.45, 7) is 0.907. The van der Waals surface area contributed by atoms with E-state index >= 15 is 0 Å². The van der Waals surface area contributed by atoms with Gasteiger partial charge in [0.25, 0.3) is 0 Å². The van der Waals surface area contributed by atoms with Gasteiger partial charge in [0.2, 0.25) is 0 Å². The zero-order chi connectivity index (χ0) is 12.3. The number of anilines is 1. The second-order valence-corrected chi connectivity index (χ2v) is 4.47. The molecular weight excluding hydrogens is 216 g/mol. The molecule has 0 spiro atoms. The molecule has 2 rings (SSSR count). The van der Waals surface area contributed by atoms with Crippen LogP contribution in [0.25, 0.3) is 0 Å². The predicted molar refractivity (Wildman–Crippen MR) is 67.2 cm³/mol. The SMILES string of the molecule is NC1CCCCCN1c1cccc(C(=O)O)c1. The molecule has 0 amide bonds. The second kappa shape index (κ2) is 5.19. The lowest BCUT2D eigenvalue weighted by Gasteiger charge is -2.29. The molecule has 1 fully saturated rings. The third-order valence-electron chi connectivity index (χ3n) is 3.22. The smallest absolute Gasteiger partial charge is 0.335 e. The van der Waals surface area contributed by atoms with E-state index in [1.165, 1.54) is 6.42 Å². The lowest BCUT2D eigenvalue weighted by Crippen LogP contribution is -2.41. The molecule has 1 aliphatic heterocycles. The third-order valence-corrected chi connectivity index (χ3v) is 3.22. The first-order valence-electron chi connectivity index (χ1n) is 6.04. The number of nitrogens with two attached hydrogens (primary N) is 1. The molecule has 3 N–H and O–H groups in total. The molecule has 0 saturated carbocycles. The Hall–Kier alpha value is -1.55. The van der Waals surface area contributed by atoms with Gasteiger partial charge in [-0.15, -0.1) is 0 Å². The van der Waals surface area contributed by atoms with E-state index in [1.807, 2.05) is 6.07 Å². The zero-order valence-corrected chi connectivity index (χ0v) is 9.80. The number of hydrogen-bond donors (Lipinski definition) is 2. The van der Waals surface area contributed by atoms with Gasteiger partial charge in [0.05, 0.1) is 11.7 Å². The van der Waals surface area contributed by atoms with Gasteiger partial charge in [-0.25, -0.2) is 4.79 Å². The molecule has 1 unspecified atom stereocenters. The Labute approximate surface area is 101 Å². The van der Waals surface area contributed by atoms with Crippen molar-refractivity contribution in [2.75, 3.05) is 11.4 Å². The first-order valence-corrected chi connectivity index (χ1v) is 6.04. The number of aromatic carboxylic acids is 1. The van der Waals surface area contributed by atoms with Gasteiger partial charge in [0, 0.05) is 12.2 Å². The topological polar surface area (TPSA) is 66.6 Å². The monoisotopic (exact) mass is 234 g/mol. The molecule has 0 radical (unpaired) electrons. The van der Waals surface area contributed by atoms with Crippen LogP contribution in [0, 0.1) is 0 Å². The van der Waals surface area contributed by atoms with Crippen molar-refractivity contribution in [2.45, 2.75) is 31.8 Å². The van der Waals surface area contributed by atoms with Crippen LogP contribution in [0.5, 0.6) is 0 Å². The van der Waals surface area contributed by atoms with Gasteiger partial charge in [0.1, 0.15) is 0 Å². The Morgan fingerprint density at radius 2 is 2.18 bits per heavy atom. The van der Waals surface area contributed by atoms with E-state index in [0.717, 1.165) is 31.5 Å². The van der Waals surface area contributed by atoms with Crippen LogP contribution in [-0.4, -0.2) is 23.8 Å². The molecule has 4 nitrogen and oxygen atoms in total. The molecule has 0 bridgehead atoms. The normalized spacial score (nSPS) is 21.0. The fourth-order valence-corrected chi connectivity index (χ4v) is 2.27. The Balaban J connectivity index is 2.25. The van der Waals surface area contributed by atoms with Crippen LogP contribution in [0.1, 0.15) is 36.0 Å². The predicted octanol–water partition coefficient (Wildman–Crippen LogP) is 2.05. The lowest BCUT2D eigenvalue weighted by atomic mass is 10.1. The van der Waals surface area contributed by atoms with E-state index in [-0.39, 0.29) is 6.17 Å². The highest BCUT2D eigenvalue weighted by Gasteiger charge is 2.18. The minimum Gasteiger partial charge on any atom is -0.478 e. The van der Waals surface area contributed by atoms with Crippen molar-refractivity contribution in [3.63, 3.8) is 0 Å². The van der Waals surface area contributed by atoms with Crippen LogP contribution in [0.2, 0.25) is 0 Å². The quantitative estimate of drug-likeness (QED) is 0.822. The van der Waals surface area contributed by atoms with Crippen LogP contribution in [0.4, 0.5) is 5.69 Å². The third kappa shape index (κ3) is 2.77. The van der Waals surface area contributed by atoms with Gasteiger partial charge >= 0.3 is 5.97 Å². The molecule has 0 aliphatic carbocycles. The highest BCUT2D eigenvalue weighted by Crippen LogP contribution is 2.22. The number of rotatable bonds is 2. The van der Waals surface area contributed by atoms with E-state index in [4.69, 9.17) is 10.8 Å². The van der Waals surface area contributed by atoms with E-state index < -0.39 is 5.97 Å². The number of hydrogen-bond acceptors (Lipinski definition) is 3. The Morgan fingerprint density at radius 3 is 2.94 bits per heavy atom. The van der Waals surface area contributed by atoms with Gasteiger partial charge in [-0.2, -0.15) is 0 Å². The molecule has 92 valence electrons. The van der Waals surface area contributed by atoms with Gasteiger partial charge in [-0.3, -0.25) is 0 Å². The van der Waals surface area contributed by atoms with Crippen LogP contribution in [0.3, 0.4) is 0 Å². The number of carbonyl (C=O) groups is 1. The molecule has 1 aliphatic rings. The number of benzene rings is 1. The van der Waals surface area contributed by atoms with Crippen LogP contribution < -0.4 is 10.6 Å². The van der Waals surface area contributed by atoms with Crippen molar-refractivity contribution >= 4 is 11.7 Å². The maximum absolute atomic E-state index is 10.9. The highest BCUT2D eigenvalue weighted by atomic mass is 16.4. The summed E-state index contributed by atoms with van der Waals surface area (Å²) < 4.78 is 0. The first-order chi connectivity index (χ1) is 8.18. The molecule has 1 atom stereocenters. The van der Waals surface area contributed by atoms with Crippen LogP contribution in [0.15, 0.2) is 24.3 Å². The summed E-state index contributed by atoms with van der Waals surface area (Å²) in [5.74, 6) is -0.893. The fourth-order valence-electron chi connectivity index (χ4n) is 2.27. The molecular formula is C13H18N2O2. The van der Waals surface area contributed by atoms with E-state index in [1.54, 1.807) is 18.2 Å². The minimum atomic E-state index is -0.893.